The Morgan fingerprint density at radius 2 is 1.54 bits per heavy atom. The number of hydrogen-bond acceptors (Lipinski definition) is 2. The first-order valence-electron chi connectivity index (χ1n) is 8.94. The maximum Gasteiger partial charge on any atom is 0.232 e. The van der Waals surface area contributed by atoms with Crippen LogP contribution in [0.5, 0.6) is 0 Å². The summed E-state index contributed by atoms with van der Waals surface area (Å²) in [6, 6.07) is 19.9. The molecule has 4 nitrogen and oxygen atoms in total. The summed E-state index contributed by atoms with van der Waals surface area (Å²) < 4.78 is 1.89. The van der Waals surface area contributed by atoms with E-state index in [0.29, 0.717) is 6.54 Å². The van der Waals surface area contributed by atoms with Crippen molar-refractivity contribution in [2.24, 2.45) is 7.05 Å². The van der Waals surface area contributed by atoms with Crippen molar-refractivity contribution < 1.29 is 4.79 Å². The summed E-state index contributed by atoms with van der Waals surface area (Å²) >= 11 is 0. The smallest absolute Gasteiger partial charge is 0.232 e. The Balaban J connectivity index is 1.74. The van der Waals surface area contributed by atoms with Gasteiger partial charge in [-0.3, -0.25) is 9.48 Å². The molecule has 0 atom stereocenters. The van der Waals surface area contributed by atoms with E-state index in [9.17, 15) is 4.79 Å². The molecule has 0 aliphatic rings. The largest absolute Gasteiger partial charge is 0.355 e. The fourth-order valence-corrected chi connectivity index (χ4v) is 3.38. The first-order valence-corrected chi connectivity index (χ1v) is 8.94. The minimum absolute atomic E-state index is 0.0293. The van der Waals surface area contributed by atoms with E-state index in [1.165, 1.54) is 5.56 Å². The lowest BCUT2D eigenvalue weighted by molar-refractivity contribution is -0.121. The molecule has 1 heterocycles. The lowest BCUT2D eigenvalue weighted by Crippen LogP contribution is -2.31. The van der Waals surface area contributed by atoms with Gasteiger partial charge in [-0.15, -0.1) is 0 Å². The van der Waals surface area contributed by atoms with Crippen LogP contribution in [0.1, 0.15) is 34.0 Å². The van der Waals surface area contributed by atoms with Gasteiger partial charge < -0.3 is 5.32 Å². The van der Waals surface area contributed by atoms with Gasteiger partial charge >= 0.3 is 0 Å². The minimum Gasteiger partial charge on any atom is -0.355 e. The van der Waals surface area contributed by atoms with Crippen LogP contribution in [0.2, 0.25) is 0 Å². The van der Waals surface area contributed by atoms with Crippen molar-refractivity contribution in [2.75, 3.05) is 6.54 Å². The number of amides is 1. The Morgan fingerprint density at radius 3 is 2.00 bits per heavy atom. The monoisotopic (exact) mass is 347 g/mol. The van der Waals surface area contributed by atoms with Crippen LogP contribution in [0.15, 0.2) is 60.7 Å². The summed E-state index contributed by atoms with van der Waals surface area (Å²) in [4.78, 5) is 13.0. The number of nitrogens with zero attached hydrogens (tertiary/aromatic N) is 2. The molecule has 0 aliphatic heterocycles. The van der Waals surface area contributed by atoms with Crippen LogP contribution in [0.3, 0.4) is 0 Å². The van der Waals surface area contributed by atoms with Crippen molar-refractivity contribution in [3.63, 3.8) is 0 Å². The van der Waals surface area contributed by atoms with Gasteiger partial charge in [0.05, 0.1) is 11.6 Å². The van der Waals surface area contributed by atoms with Gasteiger partial charge in [0, 0.05) is 19.3 Å². The summed E-state index contributed by atoms with van der Waals surface area (Å²) in [6.45, 7) is 4.68. The quantitative estimate of drug-likeness (QED) is 0.741. The molecule has 3 rings (SSSR count). The molecule has 0 saturated heterocycles. The second kappa shape index (κ2) is 8.00. The predicted octanol–water partition coefficient (Wildman–Crippen LogP) is 3.53. The summed E-state index contributed by atoms with van der Waals surface area (Å²) in [5, 5.41) is 7.56. The maximum absolute atomic E-state index is 13.0. The van der Waals surface area contributed by atoms with Crippen LogP contribution in [-0.2, 0) is 18.3 Å². The van der Waals surface area contributed by atoms with E-state index in [-0.39, 0.29) is 11.8 Å². The lowest BCUT2D eigenvalue weighted by Gasteiger charge is -2.18. The van der Waals surface area contributed by atoms with Crippen molar-refractivity contribution in [3.05, 3.63) is 88.7 Å². The van der Waals surface area contributed by atoms with Gasteiger partial charge in [-0.2, -0.15) is 5.10 Å². The highest BCUT2D eigenvalue weighted by Crippen LogP contribution is 2.24. The SMILES string of the molecule is Cc1nn(C)c(C)c1CCNC(=O)C(c1ccccc1)c1ccccc1. The number of carbonyl (C=O) groups excluding carboxylic acids is 1. The van der Waals surface area contributed by atoms with Gasteiger partial charge in [0.1, 0.15) is 0 Å². The fraction of sp³-hybridized carbons (Fsp3) is 0.273. The zero-order valence-corrected chi connectivity index (χ0v) is 15.6. The Hall–Kier alpha value is -2.88. The maximum atomic E-state index is 13.0. The highest BCUT2D eigenvalue weighted by Gasteiger charge is 2.22. The summed E-state index contributed by atoms with van der Waals surface area (Å²) in [6.07, 6.45) is 0.785. The molecular weight excluding hydrogens is 322 g/mol. The van der Waals surface area contributed by atoms with E-state index in [1.54, 1.807) is 0 Å². The van der Waals surface area contributed by atoms with Crippen LogP contribution in [-0.4, -0.2) is 22.2 Å². The first kappa shape index (κ1) is 17.9. The van der Waals surface area contributed by atoms with Crippen molar-refractivity contribution in [3.8, 4) is 0 Å². The number of nitrogens with one attached hydrogen (secondary N) is 1. The van der Waals surface area contributed by atoms with E-state index in [0.717, 1.165) is 28.9 Å². The second-order valence-corrected chi connectivity index (χ2v) is 6.57. The molecule has 0 spiro atoms. The molecule has 0 bridgehead atoms. The Kier molecular flexibility index (Phi) is 5.52. The van der Waals surface area contributed by atoms with Gasteiger partial charge in [0.25, 0.3) is 0 Å². The zero-order chi connectivity index (χ0) is 18.5. The molecule has 1 N–H and O–H groups in total. The summed E-state index contributed by atoms with van der Waals surface area (Å²) in [5.41, 5.74) is 5.40. The molecule has 26 heavy (non-hydrogen) atoms. The van der Waals surface area contributed by atoms with Gasteiger partial charge in [-0.25, -0.2) is 0 Å². The molecule has 1 amide bonds. The lowest BCUT2D eigenvalue weighted by atomic mass is 9.90. The van der Waals surface area contributed by atoms with Crippen LogP contribution in [0.4, 0.5) is 0 Å². The molecule has 0 unspecified atom stereocenters. The molecule has 1 aromatic heterocycles. The molecule has 134 valence electrons. The highest BCUT2D eigenvalue weighted by molar-refractivity contribution is 5.87. The van der Waals surface area contributed by atoms with E-state index in [2.05, 4.69) is 17.3 Å². The molecule has 0 radical (unpaired) electrons. The van der Waals surface area contributed by atoms with Crippen molar-refractivity contribution in [1.29, 1.82) is 0 Å². The highest BCUT2D eigenvalue weighted by atomic mass is 16.1. The Bertz CT molecular complexity index is 830. The normalized spacial score (nSPS) is 10.9. The minimum atomic E-state index is -0.298. The number of benzene rings is 2. The molecule has 0 saturated carbocycles. The Labute approximate surface area is 154 Å². The molecule has 0 fully saturated rings. The van der Waals surface area contributed by atoms with Crippen LogP contribution < -0.4 is 5.32 Å². The number of aromatic nitrogens is 2. The number of carbonyl (C=O) groups is 1. The van der Waals surface area contributed by atoms with E-state index in [4.69, 9.17) is 0 Å². The van der Waals surface area contributed by atoms with Gasteiger partial charge in [0.15, 0.2) is 0 Å². The standard InChI is InChI=1S/C22H25N3O/c1-16-20(17(2)25(3)24-16)14-15-23-22(26)21(18-10-6-4-7-11-18)19-12-8-5-9-13-19/h4-13,21H,14-15H2,1-3H3,(H,23,26). The average Bonchev–Trinajstić information content (AvgIpc) is 2.90. The van der Waals surface area contributed by atoms with Crippen molar-refractivity contribution in [2.45, 2.75) is 26.2 Å². The van der Waals surface area contributed by atoms with E-state index >= 15 is 0 Å². The van der Waals surface area contributed by atoms with Gasteiger partial charge in [0.2, 0.25) is 5.91 Å². The number of aryl methyl sites for hydroxylation is 2. The molecular formula is C22H25N3O. The average molecular weight is 347 g/mol. The van der Waals surface area contributed by atoms with Gasteiger partial charge in [-0.05, 0) is 37.0 Å². The first-order chi connectivity index (χ1) is 12.6. The van der Waals surface area contributed by atoms with Crippen LogP contribution in [0, 0.1) is 13.8 Å². The topological polar surface area (TPSA) is 46.9 Å². The third kappa shape index (κ3) is 3.85. The number of rotatable bonds is 6. The molecule has 2 aromatic carbocycles. The molecule has 0 aliphatic carbocycles. The van der Waals surface area contributed by atoms with E-state index in [1.807, 2.05) is 79.3 Å². The van der Waals surface area contributed by atoms with Crippen molar-refractivity contribution >= 4 is 5.91 Å². The van der Waals surface area contributed by atoms with Gasteiger partial charge in [-0.1, -0.05) is 60.7 Å². The third-order valence-corrected chi connectivity index (χ3v) is 4.86. The Morgan fingerprint density at radius 1 is 1.00 bits per heavy atom. The van der Waals surface area contributed by atoms with Crippen LogP contribution >= 0.6 is 0 Å². The van der Waals surface area contributed by atoms with Crippen molar-refractivity contribution in [1.82, 2.24) is 15.1 Å². The van der Waals surface area contributed by atoms with Crippen LogP contribution in [0.25, 0.3) is 0 Å². The predicted molar refractivity (Wildman–Crippen MR) is 104 cm³/mol. The number of hydrogen-bond donors (Lipinski definition) is 1. The zero-order valence-electron chi connectivity index (χ0n) is 15.6. The summed E-state index contributed by atoms with van der Waals surface area (Å²) in [7, 11) is 1.95. The molecule has 4 heteroatoms. The summed E-state index contributed by atoms with van der Waals surface area (Å²) in [5.74, 6) is -0.268. The second-order valence-electron chi connectivity index (χ2n) is 6.57. The molecule has 3 aromatic rings. The third-order valence-electron chi connectivity index (χ3n) is 4.86. The van der Waals surface area contributed by atoms with E-state index < -0.39 is 0 Å². The fourth-order valence-electron chi connectivity index (χ4n) is 3.38.